The van der Waals surface area contributed by atoms with Crippen molar-refractivity contribution < 1.29 is 23.4 Å². The van der Waals surface area contributed by atoms with E-state index in [1.165, 1.54) is 13.4 Å². The van der Waals surface area contributed by atoms with Crippen LogP contribution in [0, 0.1) is 6.92 Å². The lowest BCUT2D eigenvalue weighted by atomic mass is 10.0. The van der Waals surface area contributed by atoms with Gasteiger partial charge in [-0.1, -0.05) is 17.3 Å². The van der Waals surface area contributed by atoms with Crippen LogP contribution in [0.3, 0.4) is 0 Å². The highest BCUT2D eigenvalue weighted by Crippen LogP contribution is 2.34. The Morgan fingerprint density at radius 1 is 1.06 bits per heavy atom. The van der Waals surface area contributed by atoms with Gasteiger partial charge in [0.1, 0.15) is 23.5 Å². The summed E-state index contributed by atoms with van der Waals surface area (Å²) in [6.45, 7) is 1.90. The number of methoxy groups -OCH3 is 3. The van der Waals surface area contributed by atoms with Gasteiger partial charge in [0.05, 0.1) is 32.3 Å². The highest BCUT2D eigenvalue weighted by atomic mass is 16.5. The molecule has 9 heteroatoms. The van der Waals surface area contributed by atoms with Crippen molar-refractivity contribution in [1.29, 1.82) is 0 Å². The number of hydrogen-bond acceptors (Lipinski definition) is 8. The van der Waals surface area contributed by atoms with E-state index < -0.39 is 11.9 Å². The Morgan fingerprint density at radius 2 is 1.75 bits per heavy atom. The van der Waals surface area contributed by atoms with E-state index in [4.69, 9.17) is 18.6 Å². The third-order valence-electron chi connectivity index (χ3n) is 5.12. The van der Waals surface area contributed by atoms with Gasteiger partial charge in [0.2, 0.25) is 0 Å². The molecule has 0 aliphatic carbocycles. The number of ketones is 1. The van der Waals surface area contributed by atoms with Crippen LogP contribution in [0.15, 0.2) is 59.5 Å². The van der Waals surface area contributed by atoms with Gasteiger partial charge < -0.3 is 18.6 Å². The number of aromatic nitrogens is 4. The minimum Gasteiger partial charge on any atom is -0.496 e. The quantitative estimate of drug-likeness (QED) is 0.386. The van der Waals surface area contributed by atoms with E-state index in [-0.39, 0.29) is 5.89 Å². The molecule has 0 saturated heterocycles. The zero-order valence-electron chi connectivity index (χ0n) is 18.1. The maximum Gasteiger partial charge on any atom is 0.266 e. The molecule has 9 nitrogen and oxygen atoms in total. The van der Waals surface area contributed by atoms with Crippen molar-refractivity contribution in [3.05, 3.63) is 72.1 Å². The topological polar surface area (TPSA) is 102 Å². The SMILES string of the molecule is COc1cc(-c2coc(C(=O)C(OC)c3ccc(-n4ccnn4)cc3)n2)cc(OC)c1C. The zero-order valence-corrected chi connectivity index (χ0v) is 18.1. The number of benzene rings is 2. The fourth-order valence-electron chi connectivity index (χ4n) is 3.41. The van der Waals surface area contributed by atoms with Crippen molar-refractivity contribution in [1.82, 2.24) is 20.0 Å². The summed E-state index contributed by atoms with van der Waals surface area (Å²) in [5.74, 6) is 0.860. The van der Waals surface area contributed by atoms with Gasteiger partial charge in [-0.15, -0.1) is 5.10 Å². The fraction of sp³-hybridized carbons (Fsp3) is 0.217. The molecule has 0 N–H and O–H groups in total. The average molecular weight is 434 g/mol. The summed E-state index contributed by atoms with van der Waals surface area (Å²) in [6, 6.07) is 10.9. The summed E-state index contributed by atoms with van der Waals surface area (Å²) >= 11 is 0. The standard InChI is InChI=1S/C23H22N4O5/c1-14-19(29-2)11-16(12-20(14)30-3)18-13-32-23(25-18)21(28)22(31-4)15-5-7-17(8-6-15)27-10-9-24-26-27/h5-13,22H,1-4H3. The number of carbonyl (C=O) groups is 1. The molecule has 0 fully saturated rings. The first-order valence-corrected chi connectivity index (χ1v) is 9.78. The normalized spacial score (nSPS) is 11.9. The second-order valence-electron chi connectivity index (χ2n) is 6.96. The summed E-state index contributed by atoms with van der Waals surface area (Å²) in [5, 5.41) is 7.74. The molecule has 2 heterocycles. The van der Waals surface area contributed by atoms with Gasteiger partial charge in [0, 0.05) is 18.2 Å². The summed E-state index contributed by atoms with van der Waals surface area (Å²) in [6.07, 6.45) is 3.89. The number of rotatable bonds is 8. The molecule has 4 aromatic rings. The number of nitrogens with zero attached hydrogens (tertiary/aromatic N) is 4. The van der Waals surface area contributed by atoms with E-state index >= 15 is 0 Å². The smallest absolute Gasteiger partial charge is 0.266 e. The zero-order chi connectivity index (χ0) is 22.7. The molecule has 1 atom stereocenters. The summed E-state index contributed by atoms with van der Waals surface area (Å²) in [5.41, 5.74) is 3.54. The third kappa shape index (κ3) is 3.97. The molecule has 0 aliphatic heterocycles. The molecule has 0 bridgehead atoms. The highest BCUT2D eigenvalue weighted by molar-refractivity contribution is 5.96. The predicted molar refractivity (Wildman–Crippen MR) is 115 cm³/mol. The Morgan fingerprint density at radius 3 is 2.31 bits per heavy atom. The Bertz CT molecular complexity index is 1190. The van der Waals surface area contributed by atoms with E-state index in [0.29, 0.717) is 28.3 Å². The van der Waals surface area contributed by atoms with Crippen LogP contribution in [-0.2, 0) is 4.74 Å². The molecule has 4 rings (SSSR count). The first kappa shape index (κ1) is 21.3. The molecule has 0 spiro atoms. The first-order chi connectivity index (χ1) is 15.5. The van der Waals surface area contributed by atoms with Crippen molar-refractivity contribution in [2.45, 2.75) is 13.0 Å². The van der Waals surface area contributed by atoms with Gasteiger partial charge in [-0.05, 0) is 36.8 Å². The minimum absolute atomic E-state index is 0.0503. The molecule has 0 saturated carbocycles. The highest BCUT2D eigenvalue weighted by Gasteiger charge is 2.27. The van der Waals surface area contributed by atoms with Crippen LogP contribution in [0.2, 0.25) is 0 Å². The molecule has 164 valence electrons. The maximum atomic E-state index is 13.1. The molecule has 32 heavy (non-hydrogen) atoms. The van der Waals surface area contributed by atoms with Crippen LogP contribution in [0.1, 0.15) is 27.9 Å². The lowest BCUT2D eigenvalue weighted by Crippen LogP contribution is -2.15. The molecule has 0 amide bonds. The summed E-state index contributed by atoms with van der Waals surface area (Å²) < 4.78 is 23.4. The minimum atomic E-state index is -0.867. The van der Waals surface area contributed by atoms with Crippen molar-refractivity contribution in [2.24, 2.45) is 0 Å². The predicted octanol–water partition coefficient (Wildman–Crippen LogP) is 3.82. The Balaban J connectivity index is 1.60. The van der Waals surface area contributed by atoms with Crippen LogP contribution in [0.25, 0.3) is 16.9 Å². The molecule has 2 aromatic carbocycles. The number of ether oxygens (including phenoxy) is 3. The summed E-state index contributed by atoms with van der Waals surface area (Å²) in [7, 11) is 4.63. The van der Waals surface area contributed by atoms with E-state index in [0.717, 1.165) is 11.3 Å². The lowest BCUT2D eigenvalue weighted by Gasteiger charge is -2.13. The second kappa shape index (κ2) is 9.03. The van der Waals surface area contributed by atoms with Crippen LogP contribution in [-0.4, -0.2) is 47.1 Å². The van der Waals surface area contributed by atoms with Crippen LogP contribution >= 0.6 is 0 Å². The number of Topliss-reactive ketones (excluding diaryl/α,β-unsaturated/α-hetero) is 1. The molecular weight excluding hydrogens is 412 g/mol. The fourth-order valence-corrected chi connectivity index (χ4v) is 3.41. The first-order valence-electron chi connectivity index (χ1n) is 9.78. The summed E-state index contributed by atoms with van der Waals surface area (Å²) in [4.78, 5) is 17.5. The van der Waals surface area contributed by atoms with Crippen LogP contribution < -0.4 is 9.47 Å². The largest absolute Gasteiger partial charge is 0.496 e. The van der Waals surface area contributed by atoms with Crippen molar-refractivity contribution in [3.63, 3.8) is 0 Å². The molecule has 0 radical (unpaired) electrons. The number of carbonyl (C=O) groups excluding carboxylic acids is 1. The Labute approximate surface area is 184 Å². The van der Waals surface area contributed by atoms with E-state index in [2.05, 4.69) is 15.3 Å². The molecule has 0 aliphatic rings. The van der Waals surface area contributed by atoms with E-state index in [1.807, 2.05) is 31.2 Å². The third-order valence-corrected chi connectivity index (χ3v) is 5.12. The molecule has 2 aromatic heterocycles. The Kier molecular flexibility index (Phi) is 6.00. The monoisotopic (exact) mass is 434 g/mol. The second-order valence-corrected chi connectivity index (χ2v) is 6.96. The van der Waals surface area contributed by atoms with Gasteiger partial charge in [0.25, 0.3) is 11.7 Å². The maximum absolute atomic E-state index is 13.1. The van der Waals surface area contributed by atoms with Gasteiger partial charge >= 0.3 is 0 Å². The van der Waals surface area contributed by atoms with Gasteiger partial charge in [-0.3, -0.25) is 4.79 Å². The van der Waals surface area contributed by atoms with Crippen molar-refractivity contribution in [3.8, 4) is 28.4 Å². The van der Waals surface area contributed by atoms with Gasteiger partial charge in [0.15, 0.2) is 6.10 Å². The van der Waals surface area contributed by atoms with E-state index in [9.17, 15) is 4.79 Å². The van der Waals surface area contributed by atoms with Crippen LogP contribution in [0.4, 0.5) is 0 Å². The number of oxazole rings is 1. The number of hydrogen-bond donors (Lipinski definition) is 0. The van der Waals surface area contributed by atoms with Gasteiger partial charge in [-0.25, -0.2) is 9.67 Å². The van der Waals surface area contributed by atoms with Crippen molar-refractivity contribution in [2.75, 3.05) is 21.3 Å². The molecular formula is C23H22N4O5. The van der Waals surface area contributed by atoms with Gasteiger partial charge in [-0.2, -0.15) is 0 Å². The average Bonchev–Trinajstić information content (AvgIpc) is 3.53. The van der Waals surface area contributed by atoms with Crippen molar-refractivity contribution >= 4 is 5.78 Å². The molecule has 1 unspecified atom stereocenters. The van der Waals surface area contributed by atoms with E-state index in [1.54, 1.807) is 43.4 Å². The Hall–Kier alpha value is -3.98. The van der Waals surface area contributed by atoms with Crippen LogP contribution in [0.5, 0.6) is 11.5 Å². The lowest BCUT2D eigenvalue weighted by molar-refractivity contribution is 0.0569.